The molecular weight excluding hydrogens is 290 g/mol. The number of carbonyl (C=O) groups excluding carboxylic acids is 1. The second-order valence-electron chi connectivity index (χ2n) is 5.67. The topological polar surface area (TPSA) is 35.5 Å². The molecule has 0 N–H and O–H groups in total. The van der Waals surface area contributed by atoms with E-state index in [9.17, 15) is 13.6 Å². The zero-order valence-electron chi connectivity index (χ0n) is 13.0. The van der Waals surface area contributed by atoms with Crippen molar-refractivity contribution in [3.8, 4) is 11.5 Å². The molecule has 1 fully saturated rings. The molecule has 3 nitrogen and oxygen atoms in total. The predicted molar refractivity (Wildman–Crippen MR) is 78.9 cm³/mol. The van der Waals surface area contributed by atoms with Gasteiger partial charge in [-0.05, 0) is 50.7 Å². The lowest BCUT2D eigenvalue weighted by Crippen LogP contribution is -2.25. The van der Waals surface area contributed by atoms with Crippen molar-refractivity contribution in [1.29, 1.82) is 0 Å². The molecule has 0 amide bonds. The molecule has 0 spiro atoms. The number of halogens is 2. The smallest absolute Gasteiger partial charge is 0.314 e. The Kier molecular flexibility index (Phi) is 5.75. The van der Waals surface area contributed by atoms with Crippen LogP contribution in [0.5, 0.6) is 11.5 Å². The van der Waals surface area contributed by atoms with Crippen molar-refractivity contribution in [1.82, 2.24) is 0 Å². The van der Waals surface area contributed by atoms with Gasteiger partial charge in [0.2, 0.25) is 11.6 Å². The van der Waals surface area contributed by atoms with E-state index in [2.05, 4.69) is 6.92 Å². The molecule has 1 saturated carbocycles. The Morgan fingerprint density at radius 1 is 1.09 bits per heavy atom. The van der Waals surface area contributed by atoms with Crippen LogP contribution in [0.15, 0.2) is 12.1 Å². The minimum Gasteiger partial charge on any atom is -0.491 e. The summed E-state index contributed by atoms with van der Waals surface area (Å²) in [4.78, 5) is 12.1. The Morgan fingerprint density at radius 2 is 1.68 bits per heavy atom. The molecule has 0 aromatic heterocycles. The average molecular weight is 312 g/mol. The summed E-state index contributed by atoms with van der Waals surface area (Å²) in [5.74, 6) is -2.90. The van der Waals surface area contributed by atoms with Gasteiger partial charge in [0.1, 0.15) is 0 Å². The molecule has 2 rings (SSSR count). The van der Waals surface area contributed by atoms with Gasteiger partial charge in [-0.25, -0.2) is 0 Å². The first-order chi connectivity index (χ1) is 10.6. The highest BCUT2D eigenvalue weighted by atomic mass is 19.2. The van der Waals surface area contributed by atoms with E-state index in [4.69, 9.17) is 9.47 Å². The molecular formula is C17H22F2O3. The maximum Gasteiger partial charge on any atom is 0.314 e. The summed E-state index contributed by atoms with van der Waals surface area (Å²) < 4.78 is 37.7. The number of ether oxygens (including phenoxy) is 2. The van der Waals surface area contributed by atoms with Crippen molar-refractivity contribution in [3.05, 3.63) is 23.8 Å². The van der Waals surface area contributed by atoms with Crippen molar-refractivity contribution in [2.24, 2.45) is 11.8 Å². The molecule has 5 heteroatoms. The fourth-order valence-corrected chi connectivity index (χ4v) is 2.86. The highest BCUT2D eigenvalue weighted by molar-refractivity contribution is 5.75. The maximum atomic E-state index is 13.9. The Labute approximate surface area is 129 Å². The molecule has 0 saturated heterocycles. The van der Waals surface area contributed by atoms with Crippen LogP contribution in [0.2, 0.25) is 0 Å². The van der Waals surface area contributed by atoms with Crippen molar-refractivity contribution < 1.29 is 23.0 Å². The van der Waals surface area contributed by atoms with Crippen molar-refractivity contribution in [2.45, 2.75) is 46.0 Å². The molecule has 1 aromatic rings. The van der Waals surface area contributed by atoms with Crippen molar-refractivity contribution >= 4 is 5.97 Å². The standard InChI is InChI=1S/C17H22F2O3/c1-3-11-5-7-12(8-6-11)17(20)22-14-10-9-13(21-4-2)15(18)16(14)19/h9-12H,3-8H2,1-2H3. The van der Waals surface area contributed by atoms with Crippen molar-refractivity contribution in [3.63, 3.8) is 0 Å². The second kappa shape index (κ2) is 7.56. The summed E-state index contributed by atoms with van der Waals surface area (Å²) >= 11 is 0. The summed E-state index contributed by atoms with van der Waals surface area (Å²) in [6, 6.07) is 2.51. The van der Waals surface area contributed by atoms with E-state index in [1.165, 1.54) is 12.1 Å². The minimum atomic E-state index is -1.18. The van der Waals surface area contributed by atoms with Crippen LogP contribution in [0.1, 0.15) is 46.0 Å². The number of rotatable bonds is 5. The predicted octanol–water partition coefficient (Wildman–Crippen LogP) is 4.49. The summed E-state index contributed by atoms with van der Waals surface area (Å²) in [6.07, 6.45) is 4.57. The molecule has 1 aromatic carbocycles. The number of hydrogen-bond acceptors (Lipinski definition) is 3. The summed E-state index contributed by atoms with van der Waals surface area (Å²) in [7, 11) is 0. The molecule has 0 bridgehead atoms. The minimum absolute atomic E-state index is 0.178. The van der Waals surface area contributed by atoms with E-state index >= 15 is 0 Å². The van der Waals surface area contributed by atoms with E-state index in [-0.39, 0.29) is 24.0 Å². The van der Waals surface area contributed by atoms with E-state index in [1.807, 2.05) is 0 Å². The quantitative estimate of drug-likeness (QED) is 0.594. The molecule has 0 atom stereocenters. The molecule has 1 aliphatic carbocycles. The van der Waals surface area contributed by atoms with Gasteiger partial charge in [0.05, 0.1) is 12.5 Å². The lowest BCUT2D eigenvalue weighted by Gasteiger charge is -2.26. The number of hydrogen-bond donors (Lipinski definition) is 0. The first kappa shape index (κ1) is 16.7. The maximum absolute atomic E-state index is 13.9. The van der Waals surface area contributed by atoms with Crippen LogP contribution >= 0.6 is 0 Å². The Bertz CT molecular complexity index is 523. The van der Waals surface area contributed by atoms with Gasteiger partial charge < -0.3 is 9.47 Å². The molecule has 0 aliphatic heterocycles. The zero-order valence-corrected chi connectivity index (χ0v) is 13.0. The average Bonchev–Trinajstić information content (AvgIpc) is 2.54. The lowest BCUT2D eigenvalue weighted by molar-refractivity contribution is -0.140. The fourth-order valence-electron chi connectivity index (χ4n) is 2.86. The van der Waals surface area contributed by atoms with E-state index in [1.54, 1.807) is 6.92 Å². The van der Waals surface area contributed by atoms with Crippen LogP contribution in [0.25, 0.3) is 0 Å². The van der Waals surface area contributed by atoms with Gasteiger partial charge in [0.25, 0.3) is 0 Å². The Balaban J connectivity index is 2.01. The first-order valence-corrected chi connectivity index (χ1v) is 7.89. The van der Waals surface area contributed by atoms with E-state index in [0.29, 0.717) is 5.92 Å². The fraction of sp³-hybridized carbons (Fsp3) is 0.588. The van der Waals surface area contributed by atoms with Gasteiger partial charge in [-0.3, -0.25) is 4.79 Å². The Morgan fingerprint density at radius 3 is 2.27 bits per heavy atom. The monoisotopic (exact) mass is 312 g/mol. The van der Waals surface area contributed by atoms with Crippen LogP contribution in [0.4, 0.5) is 8.78 Å². The van der Waals surface area contributed by atoms with Gasteiger partial charge in [-0.1, -0.05) is 13.3 Å². The highest BCUT2D eigenvalue weighted by Gasteiger charge is 2.28. The van der Waals surface area contributed by atoms with Crippen LogP contribution in [0, 0.1) is 23.5 Å². The molecule has 0 unspecified atom stereocenters. The van der Waals surface area contributed by atoms with Gasteiger partial charge in [0, 0.05) is 0 Å². The molecule has 0 heterocycles. The number of benzene rings is 1. The summed E-state index contributed by atoms with van der Waals surface area (Å²) in [5.41, 5.74) is 0. The van der Waals surface area contributed by atoms with Gasteiger partial charge >= 0.3 is 5.97 Å². The molecule has 122 valence electrons. The highest BCUT2D eigenvalue weighted by Crippen LogP contribution is 2.33. The molecule has 1 aliphatic rings. The van der Waals surface area contributed by atoms with Crippen LogP contribution in [-0.4, -0.2) is 12.6 Å². The van der Waals surface area contributed by atoms with Gasteiger partial charge in [-0.2, -0.15) is 8.78 Å². The Hall–Kier alpha value is -1.65. The van der Waals surface area contributed by atoms with E-state index < -0.39 is 17.6 Å². The van der Waals surface area contributed by atoms with Crippen LogP contribution in [-0.2, 0) is 4.79 Å². The SMILES string of the molecule is CCOc1ccc(OC(=O)C2CCC(CC)CC2)c(F)c1F. The third-order valence-electron chi connectivity index (χ3n) is 4.28. The van der Waals surface area contributed by atoms with Crippen molar-refractivity contribution in [2.75, 3.05) is 6.61 Å². The number of esters is 1. The molecule has 22 heavy (non-hydrogen) atoms. The summed E-state index contributed by atoms with van der Waals surface area (Å²) in [6.45, 7) is 4.05. The normalized spacial score (nSPS) is 21.5. The molecule has 0 radical (unpaired) electrons. The third kappa shape index (κ3) is 3.76. The van der Waals surface area contributed by atoms with E-state index in [0.717, 1.165) is 32.1 Å². The third-order valence-corrected chi connectivity index (χ3v) is 4.28. The van der Waals surface area contributed by atoms with Crippen LogP contribution in [0.3, 0.4) is 0 Å². The second-order valence-corrected chi connectivity index (χ2v) is 5.67. The largest absolute Gasteiger partial charge is 0.491 e. The number of carbonyl (C=O) groups is 1. The first-order valence-electron chi connectivity index (χ1n) is 7.89. The van der Waals surface area contributed by atoms with Gasteiger partial charge in [0.15, 0.2) is 11.5 Å². The van der Waals surface area contributed by atoms with Crippen LogP contribution < -0.4 is 9.47 Å². The lowest BCUT2D eigenvalue weighted by atomic mass is 9.81. The summed E-state index contributed by atoms with van der Waals surface area (Å²) in [5, 5.41) is 0. The van der Waals surface area contributed by atoms with Gasteiger partial charge in [-0.15, -0.1) is 0 Å². The zero-order chi connectivity index (χ0) is 16.1.